The van der Waals surface area contributed by atoms with E-state index in [-0.39, 0.29) is 5.82 Å². The van der Waals surface area contributed by atoms with E-state index in [1.807, 2.05) is 12.1 Å². The lowest BCUT2D eigenvalue weighted by atomic mass is 10.2. The molecule has 0 aliphatic heterocycles. The van der Waals surface area contributed by atoms with E-state index in [0.29, 0.717) is 6.54 Å². The van der Waals surface area contributed by atoms with Crippen molar-refractivity contribution in [1.29, 1.82) is 0 Å². The summed E-state index contributed by atoms with van der Waals surface area (Å²) < 4.78 is 12.6. The molecule has 0 unspecified atom stereocenters. The molecule has 0 atom stereocenters. The highest BCUT2D eigenvalue weighted by molar-refractivity contribution is 5.40. The lowest BCUT2D eigenvalue weighted by Gasteiger charge is -2.05. The topological polar surface area (TPSA) is 24.9 Å². The zero-order valence-electron chi connectivity index (χ0n) is 8.15. The van der Waals surface area contributed by atoms with Crippen LogP contribution in [0.1, 0.15) is 5.56 Å². The molecule has 3 heteroatoms. The fraction of sp³-hybridized carbons (Fsp3) is 0.0833. The Morgan fingerprint density at radius 1 is 1.13 bits per heavy atom. The van der Waals surface area contributed by atoms with Gasteiger partial charge in [0.25, 0.3) is 0 Å². The van der Waals surface area contributed by atoms with Crippen LogP contribution in [0.25, 0.3) is 0 Å². The van der Waals surface area contributed by atoms with Crippen LogP contribution >= 0.6 is 0 Å². The second kappa shape index (κ2) is 4.55. The van der Waals surface area contributed by atoms with Crippen molar-refractivity contribution in [2.24, 2.45) is 0 Å². The number of rotatable bonds is 3. The van der Waals surface area contributed by atoms with Gasteiger partial charge in [0, 0.05) is 18.9 Å². The van der Waals surface area contributed by atoms with Crippen molar-refractivity contribution in [3.63, 3.8) is 0 Å². The summed E-state index contributed by atoms with van der Waals surface area (Å²) in [6.45, 7) is 0.673. The van der Waals surface area contributed by atoms with Crippen LogP contribution in [0.3, 0.4) is 0 Å². The van der Waals surface area contributed by atoms with Gasteiger partial charge in [0.1, 0.15) is 5.82 Å². The van der Waals surface area contributed by atoms with Crippen LogP contribution in [0.2, 0.25) is 0 Å². The smallest absolute Gasteiger partial charge is 0.123 e. The van der Waals surface area contributed by atoms with Crippen molar-refractivity contribution >= 4 is 5.69 Å². The highest BCUT2D eigenvalue weighted by Crippen LogP contribution is 2.07. The monoisotopic (exact) mass is 202 g/mol. The number of nitrogens with one attached hydrogen (secondary N) is 1. The molecule has 0 aliphatic carbocycles. The highest BCUT2D eigenvalue weighted by atomic mass is 19.1. The minimum Gasteiger partial charge on any atom is -0.380 e. The molecule has 0 spiro atoms. The Labute approximate surface area is 87.8 Å². The van der Waals surface area contributed by atoms with Crippen molar-refractivity contribution in [1.82, 2.24) is 4.98 Å². The second-order valence-electron chi connectivity index (χ2n) is 3.22. The highest BCUT2D eigenvalue weighted by Gasteiger charge is 1.94. The van der Waals surface area contributed by atoms with Crippen LogP contribution in [-0.2, 0) is 6.54 Å². The van der Waals surface area contributed by atoms with Gasteiger partial charge in [-0.15, -0.1) is 0 Å². The lowest BCUT2D eigenvalue weighted by molar-refractivity contribution is 0.627. The number of hydrogen-bond donors (Lipinski definition) is 1. The molecule has 2 nitrogen and oxygen atoms in total. The maximum atomic E-state index is 12.6. The first kappa shape index (κ1) is 9.65. The minimum atomic E-state index is -0.208. The molecule has 0 fully saturated rings. The molecule has 0 saturated carbocycles. The maximum absolute atomic E-state index is 12.6. The summed E-state index contributed by atoms with van der Waals surface area (Å²) in [5.41, 5.74) is 2.00. The molecule has 0 bridgehead atoms. The van der Waals surface area contributed by atoms with Crippen LogP contribution in [0, 0.1) is 5.82 Å². The van der Waals surface area contributed by atoms with E-state index in [1.165, 1.54) is 12.1 Å². The average molecular weight is 202 g/mol. The van der Waals surface area contributed by atoms with Gasteiger partial charge in [-0.3, -0.25) is 4.98 Å². The minimum absolute atomic E-state index is 0.208. The molecule has 0 radical (unpaired) electrons. The van der Waals surface area contributed by atoms with E-state index in [0.717, 1.165) is 11.3 Å². The SMILES string of the molecule is Fc1ccc(CNc2cccnc2)cc1. The third kappa shape index (κ3) is 2.77. The molecule has 76 valence electrons. The summed E-state index contributed by atoms with van der Waals surface area (Å²) in [5, 5.41) is 3.20. The molecule has 1 heterocycles. The maximum Gasteiger partial charge on any atom is 0.123 e. The molecular formula is C12H11FN2. The van der Waals surface area contributed by atoms with Crippen LogP contribution < -0.4 is 5.32 Å². The Morgan fingerprint density at radius 2 is 1.93 bits per heavy atom. The Kier molecular flexibility index (Phi) is 2.93. The van der Waals surface area contributed by atoms with Gasteiger partial charge in [0.2, 0.25) is 0 Å². The van der Waals surface area contributed by atoms with Crippen molar-refractivity contribution in [2.75, 3.05) is 5.32 Å². The van der Waals surface area contributed by atoms with Gasteiger partial charge < -0.3 is 5.32 Å². The average Bonchev–Trinajstić information content (AvgIpc) is 2.30. The fourth-order valence-electron chi connectivity index (χ4n) is 1.27. The summed E-state index contributed by atoms with van der Waals surface area (Å²) in [4.78, 5) is 3.99. The molecule has 2 rings (SSSR count). The fourth-order valence-corrected chi connectivity index (χ4v) is 1.27. The zero-order valence-corrected chi connectivity index (χ0v) is 8.15. The van der Waals surface area contributed by atoms with E-state index in [9.17, 15) is 4.39 Å². The van der Waals surface area contributed by atoms with Gasteiger partial charge in [0.15, 0.2) is 0 Å². The molecule has 0 amide bonds. The summed E-state index contributed by atoms with van der Waals surface area (Å²) in [5.74, 6) is -0.208. The largest absolute Gasteiger partial charge is 0.380 e. The van der Waals surface area contributed by atoms with Crippen LogP contribution in [-0.4, -0.2) is 4.98 Å². The molecule has 1 aromatic carbocycles. The predicted molar refractivity (Wildman–Crippen MR) is 58.0 cm³/mol. The lowest BCUT2D eigenvalue weighted by Crippen LogP contribution is -1.99. The second-order valence-corrected chi connectivity index (χ2v) is 3.22. The van der Waals surface area contributed by atoms with Gasteiger partial charge in [0.05, 0.1) is 5.69 Å². The first-order valence-electron chi connectivity index (χ1n) is 4.73. The molecule has 0 saturated heterocycles. The Morgan fingerprint density at radius 3 is 2.60 bits per heavy atom. The predicted octanol–water partition coefficient (Wildman–Crippen LogP) is 2.83. The van der Waals surface area contributed by atoms with Gasteiger partial charge in [-0.1, -0.05) is 12.1 Å². The van der Waals surface area contributed by atoms with Crippen molar-refractivity contribution in [3.8, 4) is 0 Å². The van der Waals surface area contributed by atoms with Crippen molar-refractivity contribution in [3.05, 3.63) is 60.2 Å². The molecule has 2 aromatic rings. The van der Waals surface area contributed by atoms with Crippen molar-refractivity contribution in [2.45, 2.75) is 6.54 Å². The van der Waals surface area contributed by atoms with E-state index in [1.54, 1.807) is 24.5 Å². The Balaban J connectivity index is 1.96. The molecule has 15 heavy (non-hydrogen) atoms. The quantitative estimate of drug-likeness (QED) is 0.827. The van der Waals surface area contributed by atoms with E-state index >= 15 is 0 Å². The first-order chi connectivity index (χ1) is 7.34. The summed E-state index contributed by atoms with van der Waals surface area (Å²) in [7, 11) is 0. The van der Waals surface area contributed by atoms with Crippen LogP contribution in [0.15, 0.2) is 48.8 Å². The molecule has 1 N–H and O–H groups in total. The summed E-state index contributed by atoms with van der Waals surface area (Å²) in [6.07, 6.45) is 3.48. The van der Waals surface area contributed by atoms with Gasteiger partial charge in [-0.05, 0) is 29.8 Å². The number of anilines is 1. The third-order valence-corrected chi connectivity index (χ3v) is 2.07. The standard InChI is InChI=1S/C12H11FN2/c13-11-5-3-10(4-6-11)8-15-12-2-1-7-14-9-12/h1-7,9,15H,8H2. The number of hydrogen-bond acceptors (Lipinski definition) is 2. The normalized spacial score (nSPS) is 9.93. The number of halogens is 1. The zero-order chi connectivity index (χ0) is 10.5. The Hall–Kier alpha value is -1.90. The number of nitrogens with zero attached hydrogens (tertiary/aromatic N) is 1. The van der Waals surface area contributed by atoms with Crippen molar-refractivity contribution < 1.29 is 4.39 Å². The van der Waals surface area contributed by atoms with Gasteiger partial charge >= 0.3 is 0 Å². The number of aromatic nitrogens is 1. The Bertz CT molecular complexity index is 411. The summed E-state index contributed by atoms with van der Waals surface area (Å²) >= 11 is 0. The van der Waals surface area contributed by atoms with E-state index < -0.39 is 0 Å². The number of pyridine rings is 1. The molecule has 0 aliphatic rings. The third-order valence-electron chi connectivity index (χ3n) is 2.07. The first-order valence-corrected chi connectivity index (χ1v) is 4.73. The van der Waals surface area contributed by atoms with E-state index in [4.69, 9.17) is 0 Å². The van der Waals surface area contributed by atoms with Crippen LogP contribution in [0.4, 0.5) is 10.1 Å². The molecule has 1 aromatic heterocycles. The summed E-state index contributed by atoms with van der Waals surface area (Å²) in [6, 6.07) is 10.3. The van der Waals surface area contributed by atoms with Crippen LogP contribution in [0.5, 0.6) is 0 Å². The number of benzene rings is 1. The van der Waals surface area contributed by atoms with E-state index in [2.05, 4.69) is 10.3 Å². The van der Waals surface area contributed by atoms with Gasteiger partial charge in [-0.2, -0.15) is 0 Å². The molecular weight excluding hydrogens is 191 g/mol. The van der Waals surface area contributed by atoms with Gasteiger partial charge in [-0.25, -0.2) is 4.39 Å².